The molecule has 0 radical (unpaired) electrons. The van der Waals surface area contributed by atoms with Crippen molar-refractivity contribution in [1.82, 2.24) is 0 Å². The number of esters is 2. The van der Waals surface area contributed by atoms with Crippen LogP contribution in [0.5, 0.6) is 0 Å². The first-order chi connectivity index (χ1) is 34.6. The highest BCUT2D eigenvalue weighted by atomic mass is 16.7. The van der Waals surface area contributed by atoms with Crippen LogP contribution < -0.4 is 5.11 Å². The third kappa shape index (κ3) is 52.6. The van der Waals surface area contributed by atoms with Crippen molar-refractivity contribution >= 4 is 17.9 Å². The van der Waals surface area contributed by atoms with Gasteiger partial charge in [-0.2, -0.15) is 0 Å². The van der Waals surface area contributed by atoms with E-state index in [1.807, 2.05) is 33.3 Å². The number of aliphatic carboxylic acids is 1. The maximum absolute atomic E-state index is 12.8. The number of carboxylic acids is 1. The number of hydrogen-bond acceptors (Lipinski definition) is 8. The molecule has 9 nitrogen and oxygen atoms in total. The van der Waals surface area contributed by atoms with Gasteiger partial charge in [0.05, 0.1) is 40.3 Å². The van der Waals surface area contributed by atoms with Gasteiger partial charge in [-0.15, -0.1) is 0 Å². The van der Waals surface area contributed by atoms with Gasteiger partial charge in [0.2, 0.25) is 0 Å². The first kappa shape index (κ1) is 65.9. The van der Waals surface area contributed by atoms with Crippen molar-refractivity contribution in [2.75, 3.05) is 47.5 Å². The molecule has 0 bridgehead atoms. The average molecular weight is 982 g/mol. The Labute approximate surface area is 432 Å². The predicted octanol–water partition coefficient (Wildman–Crippen LogP) is 14.1. The van der Waals surface area contributed by atoms with Crippen molar-refractivity contribution in [3.05, 3.63) is 158 Å². The second-order valence-corrected chi connectivity index (χ2v) is 18.0. The summed E-state index contributed by atoms with van der Waals surface area (Å²) in [5.41, 5.74) is 0. The summed E-state index contributed by atoms with van der Waals surface area (Å²) in [6.45, 7) is 4.36. The number of carbonyl (C=O) groups excluding carboxylic acids is 3. The third-order valence-corrected chi connectivity index (χ3v) is 10.3. The number of likely N-dealkylation sites (N-methyl/N-ethyl adjacent to an activating group) is 1. The molecule has 2 unspecified atom stereocenters. The molecule has 0 N–H and O–H groups in total. The van der Waals surface area contributed by atoms with E-state index in [9.17, 15) is 19.5 Å². The highest BCUT2D eigenvalue weighted by molar-refractivity contribution is 5.70. The Hall–Kier alpha value is -5.09. The first-order valence-corrected chi connectivity index (χ1v) is 26.6. The van der Waals surface area contributed by atoms with Crippen molar-refractivity contribution < 1.29 is 42.9 Å². The fourth-order valence-electron chi connectivity index (χ4n) is 6.24. The Kier molecular flexibility index (Phi) is 47.6. The molecule has 0 aliphatic rings. The molecule has 0 saturated heterocycles. The van der Waals surface area contributed by atoms with Crippen molar-refractivity contribution in [1.29, 1.82) is 0 Å². The molecule has 0 spiro atoms. The normalized spacial score (nSPS) is 14.1. The standard InChI is InChI=1S/C62H95NO8/c1-6-8-10-12-14-16-18-20-22-24-26-27-28-29-30-31-32-33-35-37-39-41-43-45-47-49-51-53-60(65)71-58(57-70-62(61(66)67)68-55-54-63(3,4)5)56-69-59(64)52-50-48-46-44-42-40-38-36-34-25-23-21-19-17-15-13-11-9-7-2/h8-11,14-17,20-23,26-27,29-30,32-34,36-37,39-40,42,46,48,58,62H,6-7,12-13,18-19,24-25,28,31,35,38,41,43-45,47,49-57H2,1-5H3/b10-8-,11-9-,16-14-,17-15-,22-20-,23-21-,27-26-,30-29-,33-32-,36-34-,39-37-,42-40-,48-46-. The van der Waals surface area contributed by atoms with E-state index in [1.165, 1.54) is 0 Å². The van der Waals surface area contributed by atoms with Gasteiger partial charge in [-0.05, 0) is 109 Å². The fraction of sp³-hybridized carbons (Fsp3) is 0.532. The van der Waals surface area contributed by atoms with Crippen LogP contribution in [0.4, 0.5) is 0 Å². The Morgan fingerprint density at radius 2 is 0.789 bits per heavy atom. The maximum atomic E-state index is 12.8. The number of nitrogens with zero attached hydrogens (tertiary/aromatic N) is 1. The average Bonchev–Trinajstić information content (AvgIpc) is 3.34. The van der Waals surface area contributed by atoms with Crippen LogP contribution in [0.2, 0.25) is 0 Å². The number of rotatable bonds is 46. The fourth-order valence-corrected chi connectivity index (χ4v) is 6.24. The number of carbonyl (C=O) groups is 3. The molecule has 0 aliphatic heterocycles. The number of allylic oxidation sites excluding steroid dienone is 26. The summed E-state index contributed by atoms with van der Waals surface area (Å²) in [6, 6.07) is 0. The van der Waals surface area contributed by atoms with Crippen LogP contribution in [0, 0.1) is 0 Å². The van der Waals surface area contributed by atoms with Gasteiger partial charge in [-0.3, -0.25) is 9.59 Å². The molecular formula is C62H95NO8. The summed E-state index contributed by atoms with van der Waals surface area (Å²) >= 11 is 0. The maximum Gasteiger partial charge on any atom is 0.306 e. The van der Waals surface area contributed by atoms with Gasteiger partial charge in [0.15, 0.2) is 12.4 Å². The van der Waals surface area contributed by atoms with Gasteiger partial charge in [0.1, 0.15) is 13.2 Å². The second kappa shape index (κ2) is 51.3. The quantitative estimate of drug-likeness (QED) is 0.0195. The number of hydrogen-bond donors (Lipinski definition) is 0. The van der Waals surface area contributed by atoms with E-state index in [-0.39, 0.29) is 32.7 Å². The summed E-state index contributed by atoms with van der Waals surface area (Å²) < 4.78 is 22.5. The lowest BCUT2D eigenvalue weighted by molar-refractivity contribution is -0.870. The highest BCUT2D eigenvalue weighted by Gasteiger charge is 2.21. The minimum Gasteiger partial charge on any atom is -0.545 e. The van der Waals surface area contributed by atoms with Crippen molar-refractivity contribution in [2.24, 2.45) is 0 Å². The van der Waals surface area contributed by atoms with Crippen LogP contribution >= 0.6 is 0 Å². The van der Waals surface area contributed by atoms with Gasteiger partial charge in [-0.1, -0.05) is 191 Å². The number of quaternary nitrogens is 1. The smallest absolute Gasteiger partial charge is 0.306 e. The Morgan fingerprint density at radius 1 is 0.423 bits per heavy atom. The Bertz CT molecular complexity index is 1710. The molecule has 0 amide bonds. The van der Waals surface area contributed by atoms with Crippen LogP contribution in [-0.2, 0) is 33.3 Å². The molecule has 396 valence electrons. The molecule has 0 saturated carbocycles. The first-order valence-electron chi connectivity index (χ1n) is 26.6. The monoisotopic (exact) mass is 982 g/mol. The Balaban J connectivity index is 4.50. The minimum absolute atomic E-state index is 0.122. The predicted molar refractivity (Wildman–Crippen MR) is 296 cm³/mol. The van der Waals surface area contributed by atoms with Gasteiger partial charge < -0.3 is 33.3 Å². The van der Waals surface area contributed by atoms with E-state index < -0.39 is 30.3 Å². The zero-order valence-corrected chi connectivity index (χ0v) is 44.8. The van der Waals surface area contributed by atoms with Gasteiger partial charge in [0, 0.05) is 12.8 Å². The highest BCUT2D eigenvalue weighted by Crippen LogP contribution is 2.11. The third-order valence-electron chi connectivity index (χ3n) is 10.3. The molecule has 2 atom stereocenters. The molecule has 0 aromatic heterocycles. The van der Waals surface area contributed by atoms with Crippen LogP contribution in [0.25, 0.3) is 0 Å². The lowest BCUT2D eigenvalue weighted by atomic mass is 10.1. The van der Waals surface area contributed by atoms with Gasteiger partial charge in [0.25, 0.3) is 0 Å². The van der Waals surface area contributed by atoms with E-state index in [1.54, 1.807) is 0 Å². The largest absolute Gasteiger partial charge is 0.545 e. The topological polar surface area (TPSA) is 111 Å². The summed E-state index contributed by atoms with van der Waals surface area (Å²) in [6.07, 6.45) is 73.0. The van der Waals surface area contributed by atoms with Crippen LogP contribution in [0.15, 0.2) is 158 Å². The van der Waals surface area contributed by atoms with E-state index >= 15 is 0 Å². The summed E-state index contributed by atoms with van der Waals surface area (Å²) in [5.74, 6) is -2.45. The summed E-state index contributed by atoms with van der Waals surface area (Å²) in [7, 11) is 5.87. The molecule has 0 fully saturated rings. The Morgan fingerprint density at radius 3 is 1.18 bits per heavy atom. The van der Waals surface area contributed by atoms with E-state index in [0.29, 0.717) is 23.9 Å². The summed E-state index contributed by atoms with van der Waals surface area (Å²) in [4.78, 5) is 37.2. The van der Waals surface area contributed by atoms with E-state index in [4.69, 9.17) is 18.9 Å². The van der Waals surface area contributed by atoms with Crippen molar-refractivity contribution in [3.63, 3.8) is 0 Å². The SMILES string of the molecule is CC/C=C\C/C=C\C/C=C\C/C=C\C/C=C\C/C=C\C/C=C\CCCCCCCC(=O)OC(COC(=O)CC/C=C\C/C=C\C/C=C\C/C=C\C/C=C\C/C=C\CC)COC(OCC[N+](C)(C)C)C(=O)[O-]. The zero-order valence-electron chi connectivity index (χ0n) is 44.8. The van der Waals surface area contributed by atoms with Crippen LogP contribution in [0.1, 0.15) is 155 Å². The van der Waals surface area contributed by atoms with Crippen molar-refractivity contribution in [3.8, 4) is 0 Å². The number of ether oxygens (including phenoxy) is 4. The zero-order chi connectivity index (χ0) is 52.0. The van der Waals surface area contributed by atoms with Crippen molar-refractivity contribution in [2.45, 2.75) is 167 Å². The molecule has 0 rings (SSSR count). The lowest BCUT2D eigenvalue weighted by Crippen LogP contribution is -2.44. The molecule has 71 heavy (non-hydrogen) atoms. The molecule has 0 aliphatic carbocycles. The van der Waals surface area contributed by atoms with Gasteiger partial charge >= 0.3 is 11.9 Å². The molecule has 0 aromatic rings. The van der Waals surface area contributed by atoms with E-state index in [0.717, 1.165) is 116 Å². The molecule has 0 heterocycles. The van der Waals surface area contributed by atoms with Crippen LogP contribution in [-0.4, -0.2) is 82.3 Å². The van der Waals surface area contributed by atoms with Crippen LogP contribution in [0.3, 0.4) is 0 Å². The minimum atomic E-state index is -1.65. The number of carboxylic acid groups (broad SMARTS) is 1. The summed E-state index contributed by atoms with van der Waals surface area (Å²) in [5, 5.41) is 11.8. The number of unbranched alkanes of at least 4 members (excludes halogenated alkanes) is 5. The van der Waals surface area contributed by atoms with Gasteiger partial charge in [-0.25, -0.2) is 0 Å². The lowest BCUT2D eigenvalue weighted by Gasteiger charge is -2.26. The van der Waals surface area contributed by atoms with E-state index in [2.05, 4.69) is 160 Å². The molecule has 0 aromatic carbocycles. The molecule has 9 heteroatoms. The second-order valence-electron chi connectivity index (χ2n) is 18.0. The molecular weight excluding hydrogens is 887 g/mol.